The molecule has 8 heteroatoms. The summed E-state index contributed by atoms with van der Waals surface area (Å²) in [5, 5.41) is 11.6. The van der Waals surface area contributed by atoms with Crippen LogP contribution in [0.3, 0.4) is 0 Å². The predicted molar refractivity (Wildman–Crippen MR) is 107 cm³/mol. The topological polar surface area (TPSA) is 42.6 Å². The summed E-state index contributed by atoms with van der Waals surface area (Å²) in [7, 11) is 0. The van der Waals surface area contributed by atoms with Crippen molar-refractivity contribution in [3.05, 3.63) is 0 Å². The first-order valence-electron chi connectivity index (χ1n) is 8.94. The SMILES string of the molecule is CCCCNC(=S)NCCN1CCN(C(=S)NCCCC)CC1.[Cl-]. The van der Waals surface area contributed by atoms with Crippen LogP contribution < -0.4 is 28.4 Å². The molecule has 0 spiro atoms. The van der Waals surface area contributed by atoms with Gasteiger partial charge in [0.05, 0.1) is 0 Å². The van der Waals surface area contributed by atoms with Gasteiger partial charge in [0.15, 0.2) is 10.2 Å². The Morgan fingerprint density at radius 1 is 0.833 bits per heavy atom. The van der Waals surface area contributed by atoms with Gasteiger partial charge in [-0.15, -0.1) is 0 Å². The van der Waals surface area contributed by atoms with Crippen LogP contribution in [0.1, 0.15) is 39.5 Å². The molecule has 0 bridgehead atoms. The molecule has 0 amide bonds. The Balaban J connectivity index is 0.00000529. The highest BCUT2D eigenvalue weighted by atomic mass is 35.5. The quantitative estimate of drug-likeness (QED) is 0.326. The molecule has 0 unspecified atom stereocenters. The molecule has 1 aliphatic heterocycles. The average Bonchev–Trinajstić information content (AvgIpc) is 2.56. The standard InChI is InChI=1S/C16H33N5S2.ClH/c1-3-5-7-17-15(22)18-9-10-20-11-13-21(14-12-20)16(23)19-8-6-4-2;/h3-14H2,1-2H3,(H,19,23)(H2,17,18,22);1H/p-1. The van der Waals surface area contributed by atoms with Crippen LogP contribution in [-0.2, 0) is 0 Å². The van der Waals surface area contributed by atoms with Crippen molar-refractivity contribution in [2.24, 2.45) is 0 Å². The molecule has 142 valence electrons. The maximum Gasteiger partial charge on any atom is 0.169 e. The highest BCUT2D eigenvalue weighted by molar-refractivity contribution is 7.80. The van der Waals surface area contributed by atoms with Crippen LogP contribution in [0.5, 0.6) is 0 Å². The van der Waals surface area contributed by atoms with E-state index in [2.05, 4.69) is 39.6 Å². The second kappa shape index (κ2) is 14.9. The fraction of sp³-hybridized carbons (Fsp3) is 0.875. The number of hydrogen-bond acceptors (Lipinski definition) is 3. The molecule has 24 heavy (non-hydrogen) atoms. The molecule has 0 aliphatic carbocycles. The Morgan fingerprint density at radius 3 is 1.96 bits per heavy atom. The van der Waals surface area contributed by atoms with Crippen molar-refractivity contribution in [2.75, 3.05) is 52.4 Å². The molecule has 0 radical (unpaired) electrons. The summed E-state index contributed by atoms with van der Waals surface area (Å²) in [5.74, 6) is 0. The van der Waals surface area contributed by atoms with Crippen LogP contribution in [-0.4, -0.2) is 72.4 Å². The zero-order chi connectivity index (χ0) is 16.9. The average molecular weight is 395 g/mol. The molecular formula is C16H33ClN5S2-. The van der Waals surface area contributed by atoms with Gasteiger partial charge in [-0.1, -0.05) is 26.7 Å². The molecule has 0 atom stereocenters. The van der Waals surface area contributed by atoms with E-state index in [4.69, 9.17) is 24.4 Å². The molecule has 0 aromatic heterocycles. The Labute approximate surface area is 164 Å². The lowest BCUT2D eigenvalue weighted by atomic mass is 10.3. The van der Waals surface area contributed by atoms with Crippen LogP contribution in [0.25, 0.3) is 0 Å². The molecule has 1 fully saturated rings. The van der Waals surface area contributed by atoms with Crippen molar-refractivity contribution < 1.29 is 12.4 Å². The lowest BCUT2D eigenvalue weighted by molar-refractivity contribution is -0.00000497. The summed E-state index contributed by atoms with van der Waals surface area (Å²) in [6.45, 7) is 12.4. The Hall–Kier alpha value is -0.370. The van der Waals surface area contributed by atoms with Gasteiger partial charge in [-0.05, 0) is 37.3 Å². The molecule has 0 saturated carbocycles. The highest BCUT2D eigenvalue weighted by Gasteiger charge is 2.18. The minimum atomic E-state index is 0. The predicted octanol–water partition coefficient (Wildman–Crippen LogP) is -1.45. The van der Waals surface area contributed by atoms with Crippen LogP contribution in [0, 0.1) is 0 Å². The van der Waals surface area contributed by atoms with Crippen molar-refractivity contribution in [3.63, 3.8) is 0 Å². The van der Waals surface area contributed by atoms with E-state index < -0.39 is 0 Å². The Morgan fingerprint density at radius 2 is 1.38 bits per heavy atom. The zero-order valence-corrected chi connectivity index (χ0v) is 17.5. The number of rotatable bonds is 9. The molecule has 3 N–H and O–H groups in total. The first-order chi connectivity index (χ1) is 11.2. The summed E-state index contributed by atoms with van der Waals surface area (Å²) in [6.07, 6.45) is 4.73. The van der Waals surface area contributed by atoms with Crippen LogP contribution >= 0.6 is 24.4 Å². The lowest BCUT2D eigenvalue weighted by Crippen LogP contribution is -3.00. The van der Waals surface area contributed by atoms with Crippen molar-refractivity contribution in [2.45, 2.75) is 39.5 Å². The highest BCUT2D eigenvalue weighted by Crippen LogP contribution is 2.02. The number of nitrogens with zero attached hydrogens (tertiary/aromatic N) is 2. The van der Waals surface area contributed by atoms with E-state index in [-0.39, 0.29) is 12.4 Å². The van der Waals surface area contributed by atoms with Crippen molar-refractivity contribution in [3.8, 4) is 0 Å². The van der Waals surface area contributed by atoms with E-state index in [9.17, 15) is 0 Å². The van der Waals surface area contributed by atoms with Crippen LogP contribution in [0.4, 0.5) is 0 Å². The molecule has 1 aliphatic rings. The number of piperazine rings is 1. The van der Waals surface area contributed by atoms with E-state index in [1.807, 2.05) is 0 Å². The third-order valence-electron chi connectivity index (χ3n) is 4.00. The third kappa shape index (κ3) is 10.5. The van der Waals surface area contributed by atoms with Gasteiger partial charge in [-0.3, -0.25) is 4.90 Å². The number of halogens is 1. The van der Waals surface area contributed by atoms with Gasteiger partial charge in [0.1, 0.15) is 0 Å². The number of nitrogens with one attached hydrogen (secondary N) is 3. The van der Waals surface area contributed by atoms with Gasteiger partial charge in [0.25, 0.3) is 0 Å². The molecule has 1 saturated heterocycles. The van der Waals surface area contributed by atoms with E-state index in [1.165, 1.54) is 19.3 Å². The molecular weight excluding hydrogens is 362 g/mol. The smallest absolute Gasteiger partial charge is 0.169 e. The second-order valence-corrected chi connectivity index (χ2v) is 6.75. The van der Waals surface area contributed by atoms with Gasteiger partial charge >= 0.3 is 0 Å². The van der Waals surface area contributed by atoms with Crippen molar-refractivity contribution in [1.82, 2.24) is 25.8 Å². The molecule has 5 nitrogen and oxygen atoms in total. The van der Waals surface area contributed by atoms with E-state index in [0.29, 0.717) is 0 Å². The number of unbranched alkanes of at least 4 members (excludes halogenated alkanes) is 2. The third-order valence-corrected chi connectivity index (χ3v) is 4.69. The first kappa shape index (κ1) is 23.6. The largest absolute Gasteiger partial charge is 1.00 e. The van der Waals surface area contributed by atoms with Crippen molar-refractivity contribution in [1.29, 1.82) is 0 Å². The number of thiocarbonyl (C=S) groups is 2. The van der Waals surface area contributed by atoms with E-state index >= 15 is 0 Å². The normalized spacial score (nSPS) is 14.7. The summed E-state index contributed by atoms with van der Waals surface area (Å²) in [5.41, 5.74) is 0. The molecule has 0 aromatic rings. The second-order valence-electron chi connectivity index (χ2n) is 5.95. The fourth-order valence-electron chi connectivity index (χ4n) is 2.43. The molecule has 1 heterocycles. The van der Waals surface area contributed by atoms with Crippen LogP contribution in [0.15, 0.2) is 0 Å². The van der Waals surface area contributed by atoms with E-state index in [1.54, 1.807) is 0 Å². The Bertz CT molecular complexity index is 347. The molecule has 1 rings (SSSR count). The molecule has 0 aromatic carbocycles. The van der Waals surface area contributed by atoms with Gasteiger partial charge in [0.2, 0.25) is 0 Å². The summed E-state index contributed by atoms with van der Waals surface area (Å²) < 4.78 is 0. The fourth-order valence-corrected chi connectivity index (χ4v) is 2.92. The maximum atomic E-state index is 5.46. The van der Waals surface area contributed by atoms with Gasteiger partial charge in [-0.25, -0.2) is 0 Å². The van der Waals surface area contributed by atoms with Crippen LogP contribution in [0.2, 0.25) is 0 Å². The van der Waals surface area contributed by atoms with Gasteiger partial charge < -0.3 is 33.3 Å². The zero-order valence-electron chi connectivity index (χ0n) is 15.1. The lowest BCUT2D eigenvalue weighted by Gasteiger charge is -2.36. The minimum absolute atomic E-state index is 0. The Kier molecular flexibility index (Phi) is 14.7. The van der Waals surface area contributed by atoms with E-state index in [0.717, 1.165) is 69.0 Å². The minimum Gasteiger partial charge on any atom is -1.00 e. The first-order valence-corrected chi connectivity index (χ1v) is 9.75. The number of hydrogen-bond donors (Lipinski definition) is 3. The summed E-state index contributed by atoms with van der Waals surface area (Å²) >= 11 is 10.7. The maximum absolute atomic E-state index is 5.46. The monoisotopic (exact) mass is 394 g/mol. The van der Waals surface area contributed by atoms with Gasteiger partial charge in [-0.2, -0.15) is 0 Å². The summed E-state index contributed by atoms with van der Waals surface area (Å²) in [6, 6.07) is 0. The summed E-state index contributed by atoms with van der Waals surface area (Å²) in [4.78, 5) is 4.75. The van der Waals surface area contributed by atoms with Gasteiger partial charge in [0, 0.05) is 52.4 Å². The van der Waals surface area contributed by atoms with Crippen molar-refractivity contribution >= 4 is 34.7 Å².